The zero-order valence-electron chi connectivity index (χ0n) is 16.8. The van der Waals surface area contributed by atoms with E-state index in [1.165, 1.54) is 7.05 Å². The molecular weight excluding hydrogens is 360 g/mol. The Morgan fingerprint density at radius 2 is 1.86 bits per heavy atom. The van der Waals surface area contributed by atoms with E-state index in [0.29, 0.717) is 25.1 Å². The molecule has 1 saturated carbocycles. The van der Waals surface area contributed by atoms with Crippen LogP contribution in [0.5, 0.6) is 0 Å². The molecule has 4 N–H and O–H groups in total. The molecule has 152 valence electrons. The van der Waals surface area contributed by atoms with Gasteiger partial charge in [0.05, 0.1) is 0 Å². The van der Waals surface area contributed by atoms with Gasteiger partial charge in [0.2, 0.25) is 5.91 Å². The molecule has 0 bridgehead atoms. The second-order valence-corrected chi connectivity index (χ2v) is 7.41. The molecule has 0 radical (unpaired) electrons. The van der Waals surface area contributed by atoms with Crippen molar-refractivity contribution in [1.29, 1.82) is 0 Å². The Hall–Kier alpha value is -2.81. The van der Waals surface area contributed by atoms with E-state index < -0.39 is 17.9 Å². The van der Waals surface area contributed by atoms with Gasteiger partial charge in [-0.25, -0.2) is 4.98 Å². The minimum absolute atomic E-state index is 0.0305. The van der Waals surface area contributed by atoms with Crippen LogP contribution < -0.4 is 16.4 Å². The number of anilines is 1. The zero-order valence-corrected chi connectivity index (χ0v) is 16.8. The molecule has 0 aromatic carbocycles. The van der Waals surface area contributed by atoms with Gasteiger partial charge in [-0.3, -0.25) is 19.3 Å². The number of aryl methyl sites for hydroxylation is 1. The normalized spacial score (nSPS) is 22.5. The molecule has 3 atom stereocenters. The van der Waals surface area contributed by atoms with E-state index in [4.69, 9.17) is 11.5 Å². The second kappa shape index (κ2) is 8.92. The van der Waals surface area contributed by atoms with E-state index >= 15 is 0 Å². The smallest absolute Gasteiger partial charge is 0.337 e. The minimum Gasteiger partial charge on any atom is -0.387 e. The molecule has 9 nitrogen and oxygen atoms in total. The highest BCUT2D eigenvalue weighted by molar-refractivity contribution is 6.41. The van der Waals surface area contributed by atoms with Crippen molar-refractivity contribution in [3.63, 3.8) is 0 Å². The summed E-state index contributed by atoms with van der Waals surface area (Å²) in [5.41, 5.74) is 13.1. The number of pyridine rings is 1. The van der Waals surface area contributed by atoms with Gasteiger partial charge < -0.3 is 16.4 Å². The second-order valence-electron chi connectivity index (χ2n) is 7.41. The Bertz CT molecular complexity index is 774. The van der Waals surface area contributed by atoms with E-state index in [9.17, 15) is 14.4 Å². The highest BCUT2D eigenvalue weighted by atomic mass is 16.2. The van der Waals surface area contributed by atoms with E-state index in [0.717, 1.165) is 10.5 Å². The Kier molecular flexibility index (Phi) is 6.85. The average molecular weight is 388 g/mol. The summed E-state index contributed by atoms with van der Waals surface area (Å²) < 4.78 is 0. The highest BCUT2D eigenvalue weighted by Crippen LogP contribution is 2.29. The molecule has 1 heterocycles. The van der Waals surface area contributed by atoms with Crippen LogP contribution in [-0.2, 0) is 14.4 Å². The molecule has 0 spiro atoms. The van der Waals surface area contributed by atoms with Gasteiger partial charge in [0.25, 0.3) is 0 Å². The van der Waals surface area contributed by atoms with Crippen molar-refractivity contribution < 1.29 is 14.4 Å². The number of carbonyl (C=O) groups excluding carboxylic acids is 3. The molecule has 1 fully saturated rings. The van der Waals surface area contributed by atoms with Crippen LogP contribution in [0.15, 0.2) is 23.3 Å². The number of hydrogen-bond acceptors (Lipinski definition) is 5. The number of hydrogen-bond donors (Lipinski definition) is 2. The van der Waals surface area contributed by atoms with Gasteiger partial charge in [0, 0.05) is 45.2 Å². The Balaban J connectivity index is 2.04. The van der Waals surface area contributed by atoms with Crippen LogP contribution in [0.2, 0.25) is 0 Å². The molecule has 0 unspecified atom stereocenters. The van der Waals surface area contributed by atoms with Gasteiger partial charge in [-0.15, -0.1) is 0 Å². The number of amides is 3. The van der Waals surface area contributed by atoms with Crippen molar-refractivity contribution >= 4 is 29.4 Å². The highest BCUT2D eigenvalue weighted by Gasteiger charge is 2.35. The van der Waals surface area contributed by atoms with E-state index in [-0.39, 0.29) is 23.6 Å². The maximum absolute atomic E-state index is 12.3. The first-order chi connectivity index (χ1) is 13.1. The van der Waals surface area contributed by atoms with Crippen molar-refractivity contribution in [3.8, 4) is 0 Å². The Morgan fingerprint density at radius 3 is 2.39 bits per heavy atom. The van der Waals surface area contributed by atoms with Gasteiger partial charge in [0.1, 0.15) is 11.7 Å². The number of carbonyl (C=O) groups is 3. The summed E-state index contributed by atoms with van der Waals surface area (Å²) in [6.07, 6.45) is 3.22. The predicted octanol–water partition coefficient (Wildman–Crippen LogP) is 0.0684. The third-order valence-electron chi connectivity index (χ3n) is 5.03. The monoisotopic (exact) mass is 388 g/mol. The molecule has 9 heteroatoms. The van der Waals surface area contributed by atoms with Gasteiger partial charge in [-0.05, 0) is 37.8 Å². The van der Waals surface area contributed by atoms with Crippen molar-refractivity contribution in [2.75, 3.05) is 26.0 Å². The number of aromatic nitrogens is 1. The molecule has 1 aromatic heterocycles. The van der Waals surface area contributed by atoms with Crippen LogP contribution in [0, 0.1) is 18.8 Å². The molecule has 1 aromatic rings. The van der Waals surface area contributed by atoms with E-state index in [1.807, 2.05) is 6.92 Å². The van der Waals surface area contributed by atoms with E-state index in [1.54, 1.807) is 37.3 Å². The van der Waals surface area contributed by atoms with Crippen molar-refractivity contribution in [3.05, 3.63) is 23.9 Å². The molecule has 28 heavy (non-hydrogen) atoms. The number of likely N-dealkylation sites (N-methyl/N-ethyl adjacent to an activating group) is 1. The lowest BCUT2D eigenvalue weighted by atomic mass is 9.77. The quantitative estimate of drug-likeness (QED) is 0.427. The summed E-state index contributed by atoms with van der Waals surface area (Å²) in [5.74, 6) is -1.90. The van der Waals surface area contributed by atoms with Gasteiger partial charge in [-0.1, -0.05) is 6.07 Å². The first kappa shape index (κ1) is 21.5. The van der Waals surface area contributed by atoms with Gasteiger partial charge in [-0.2, -0.15) is 4.99 Å². The van der Waals surface area contributed by atoms with Crippen molar-refractivity contribution in [2.45, 2.75) is 32.2 Å². The fraction of sp³-hybridized carbons (Fsp3) is 0.526. The number of amidine groups is 1. The first-order valence-electron chi connectivity index (χ1n) is 9.17. The maximum atomic E-state index is 12.3. The summed E-state index contributed by atoms with van der Waals surface area (Å²) >= 11 is 0. The van der Waals surface area contributed by atoms with E-state index in [2.05, 4.69) is 9.98 Å². The van der Waals surface area contributed by atoms with Crippen molar-refractivity contribution in [1.82, 2.24) is 9.88 Å². The van der Waals surface area contributed by atoms with Crippen LogP contribution in [0.25, 0.3) is 0 Å². The fourth-order valence-electron chi connectivity index (χ4n) is 3.32. The SMILES string of the molecule is Cc1ccc(N(C)C(=O)C(=O)N=C(N)[C@H]2CC[C@H](C(=O)N(C)C)C[C@H]2N)nc1. The van der Waals surface area contributed by atoms with Crippen LogP contribution in [0.1, 0.15) is 24.8 Å². The summed E-state index contributed by atoms with van der Waals surface area (Å²) in [5, 5.41) is 0. The first-order valence-corrected chi connectivity index (χ1v) is 9.17. The number of rotatable bonds is 3. The lowest BCUT2D eigenvalue weighted by Gasteiger charge is -2.33. The number of aliphatic imine (C=N–C) groups is 1. The molecule has 0 aliphatic heterocycles. The fourth-order valence-corrected chi connectivity index (χ4v) is 3.32. The third-order valence-corrected chi connectivity index (χ3v) is 5.03. The molecule has 3 amide bonds. The van der Waals surface area contributed by atoms with Gasteiger partial charge >= 0.3 is 11.8 Å². The summed E-state index contributed by atoms with van der Waals surface area (Å²) in [6.45, 7) is 1.87. The lowest BCUT2D eigenvalue weighted by molar-refractivity contribution is -0.135. The summed E-state index contributed by atoms with van der Waals surface area (Å²) in [4.78, 5) is 47.3. The number of nitrogens with zero attached hydrogens (tertiary/aromatic N) is 4. The Labute approximate surface area is 164 Å². The Morgan fingerprint density at radius 1 is 1.18 bits per heavy atom. The topological polar surface area (TPSA) is 135 Å². The zero-order chi connectivity index (χ0) is 21.0. The molecule has 0 saturated heterocycles. The van der Waals surface area contributed by atoms with Crippen LogP contribution in [0.4, 0.5) is 5.82 Å². The maximum Gasteiger partial charge on any atom is 0.337 e. The summed E-state index contributed by atoms with van der Waals surface area (Å²) in [7, 11) is 4.87. The van der Waals surface area contributed by atoms with Crippen LogP contribution in [0.3, 0.4) is 0 Å². The number of nitrogens with two attached hydrogens (primary N) is 2. The third kappa shape index (κ3) is 4.92. The minimum atomic E-state index is -0.971. The molecule has 2 rings (SSSR count). The standard InChI is InChI=1S/C19H28N6O3/c1-11-5-8-15(22-10-11)25(4)19(28)17(26)23-16(21)13-7-6-12(9-14(13)20)18(27)24(2)3/h5,8,10,12-14H,6-7,9,20H2,1-4H3,(H2,21,23,26)/t12-,13-,14+/m0/s1. The molecular formula is C19H28N6O3. The molecule has 1 aliphatic rings. The average Bonchev–Trinajstić information content (AvgIpc) is 2.66. The predicted molar refractivity (Wildman–Crippen MR) is 107 cm³/mol. The van der Waals surface area contributed by atoms with Crippen LogP contribution >= 0.6 is 0 Å². The summed E-state index contributed by atoms with van der Waals surface area (Å²) in [6, 6.07) is 3.04. The van der Waals surface area contributed by atoms with Crippen LogP contribution in [-0.4, -0.2) is 60.6 Å². The largest absolute Gasteiger partial charge is 0.387 e. The van der Waals surface area contributed by atoms with Crippen molar-refractivity contribution in [2.24, 2.45) is 28.3 Å². The van der Waals surface area contributed by atoms with Gasteiger partial charge in [0.15, 0.2) is 0 Å². The molecule has 1 aliphatic carbocycles. The lowest BCUT2D eigenvalue weighted by Crippen LogP contribution is -2.47.